The van der Waals surface area contributed by atoms with Crippen LogP contribution in [0.3, 0.4) is 0 Å². The van der Waals surface area contributed by atoms with Crippen LogP contribution in [0.15, 0.2) is 0 Å². The number of carbonyl (C=O) groups excluding carboxylic acids is 2. The van der Waals surface area contributed by atoms with Gasteiger partial charge in [0.1, 0.15) is 6.10 Å². The molecule has 1 saturated heterocycles. The molecule has 2 N–H and O–H groups in total. The molecule has 2 aliphatic rings. The molecule has 0 aromatic rings. The van der Waals surface area contributed by atoms with Crippen LogP contribution in [0, 0.1) is 5.92 Å². The topological polar surface area (TPSA) is 76.7 Å². The van der Waals surface area contributed by atoms with E-state index < -0.39 is 0 Å². The van der Waals surface area contributed by atoms with Crippen molar-refractivity contribution in [2.75, 3.05) is 26.3 Å². The Hall–Kier alpha value is -1.14. The molecule has 0 radical (unpaired) electrons. The van der Waals surface area contributed by atoms with Gasteiger partial charge in [-0.25, -0.2) is 0 Å². The smallest absolute Gasteiger partial charge is 0.308 e. The maximum absolute atomic E-state index is 12.0. The summed E-state index contributed by atoms with van der Waals surface area (Å²) in [5.74, 6) is -0.149. The molecule has 1 aliphatic carbocycles. The van der Waals surface area contributed by atoms with Gasteiger partial charge in [0.15, 0.2) is 0 Å². The van der Waals surface area contributed by atoms with Crippen molar-refractivity contribution in [2.24, 2.45) is 5.92 Å². The lowest BCUT2D eigenvalue weighted by Crippen LogP contribution is -2.51. The number of hydrogen-bond acceptors (Lipinski definition) is 5. The molecule has 1 heterocycles. The standard InChI is InChI=1S/C14H24N2O4/c1-2-19-14(18)10-3-5-11(6-4-10)16-13(17)12-9-15-7-8-20-12/h10-12,15H,2-9H2,1H3,(H,16,17). The lowest BCUT2D eigenvalue weighted by atomic mass is 9.86. The predicted molar refractivity (Wildman–Crippen MR) is 73.1 cm³/mol. The largest absolute Gasteiger partial charge is 0.466 e. The van der Waals surface area contributed by atoms with Gasteiger partial charge in [-0.2, -0.15) is 0 Å². The number of nitrogens with one attached hydrogen (secondary N) is 2. The monoisotopic (exact) mass is 284 g/mol. The molecule has 1 saturated carbocycles. The molecule has 6 heteroatoms. The average Bonchev–Trinajstić information content (AvgIpc) is 2.49. The second-order valence-corrected chi connectivity index (χ2v) is 5.37. The van der Waals surface area contributed by atoms with E-state index in [9.17, 15) is 9.59 Å². The van der Waals surface area contributed by atoms with Gasteiger partial charge in [-0.15, -0.1) is 0 Å². The molecule has 0 aromatic heterocycles. The van der Waals surface area contributed by atoms with Gasteiger partial charge in [0.05, 0.1) is 19.1 Å². The highest BCUT2D eigenvalue weighted by atomic mass is 16.5. The molecular formula is C14H24N2O4. The van der Waals surface area contributed by atoms with Crippen LogP contribution in [0.4, 0.5) is 0 Å². The number of ether oxygens (including phenoxy) is 2. The zero-order chi connectivity index (χ0) is 14.4. The van der Waals surface area contributed by atoms with Crippen LogP contribution in [-0.2, 0) is 19.1 Å². The van der Waals surface area contributed by atoms with Crippen LogP contribution < -0.4 is 10.6 Å². The van der Waals surface area contributed by atoms with E-state index in [2.05, 4.69) is 10.6 Å². The lowest BCUT2D eigenvalue weighted by Gasteiger charge is -2.30. The maximum Gasteiger partial charge on any atom is 0.308 e. The first-order chi connectivity index (χ1) is 9.70. The minimum absolute atomic E-state index is 0.00398. The Balaban J connectivity index is 1.71. The van der Waals surface area contributed by atoms with Crippen molar-refractivity contribution in [1.29, 1.82) is 0 Å². The van der Waals surface area contributed by atoms with Gasteiger partial charge >= 0.3 is 5.97 Å². The minimum Gasteiger partial charge on any atom is -0.466 e. The molecule has 1 aliphatic heterocycles. The highest BCUT2D eigenvalue weighted by Gasteiger charge is 2.30. The summed E-state index contributed by atoms with van der Waals surface area (Å²) in [6.45, 7) is 4.20. The Morgan fingerprint density at radius 1 is 1.30 bits per heavy atom. The highest BCUT2D eigenvalue weighted by molar-refractivity contribution is 5.81. The number of amides is 1. The third kappa shape index (κ3) is 4.18. The summed E-state index contributed by atoms with van der Waals surface area (Å²) in [7, 11) is 0. The molecule has 1 unspecified atom stereocenters. The van der Waals surface area contributed by atoms with Crippen LogP contribution in [0.5, 0.6) is 0 Å². The Morgan fingerprint density at radius 2 is 2.05 bits per heavy atom. The number of carbonyl (C=O) groups is 2. The summed E-state index contributed by atoms with van der Waals surface area (Å²) in [6.07, 6.45) is 2.85. The van der Waals surface area contributed by atoms with E-state index in [1.807, 2.05) is 6.92 Å². The first kappa shape index (κ1) is 15.3. The predicted octanol–water partition coefficient (Wildman–Crippen LogP) is 0.213. The molecule has 114 valence electrons. The normalized spacial score (nSPS) is 30.6. The summed E-state index contributed by atoms with van der Waals surface area (Å²) in [5, 5.41) is 6.17. The van der Waals surface area contributed by atoms with E-state index in [-0.39, 0.29) is 29.9 Å². The van der Waals surface area contributed by atoms with Crippen molar-refractivity contribution in [3.8, 4) is 0 Å². The van der Waals surface area contributed by atoms with E-state index in [4.69, 9.17) is 9.47 Å². The van der Waals surface area contributed by atoms with Crippen molar-refractivity contribution in [1.82, 2.24) is 10.6 Å². The summed E-state index contributed by atoms with van der Waals surface area (Å²) in [4.78, 5) is 23.7. The molecule has 0 aromatic carbocycles. The third-order valence-electron chi connectivity index (χ3n) is 3.91. The minimum atomic E-state index is -0.383. The fraction of sp³-hybridized carbons (Fsp3) is 0.857. The van der Waals surface area contributed by atoms with Crippen LogP contribution in [-0.4, -0.2) is 50.3 Å². The maximum atomic E-state index is 12.0. The van der Waals surface area contributed by atoms with Crippen molar-refractivity contribution < 1.29 is 19.1 Å². The van der Waals surface area contributed by atoms with E-state index in [1.165, 1.54) is 0 Å². The lowest BCUT2D eigenvalue weighted by molar-refractivity contribution is -0.149. The third-order valence-corrected chi connectivity index (χ3v) is 3.91. The fourth-order valence-corrected chi connectivity index (χ4v) is 2.76. The Bertz CT molecular complexity index is 334. The molecule has 6 nitrogen and oxygen atoms in total. The first-order valence-electron chi connectivity index (χ1n) is 7.50. The van der Waals surface area contributed by atoms with Crippen LogP contribution >= 0.6 is 0 Å². The molecule has 1 amide bonds. The zero-order valence-electron chi connectivity index (χ0n) is 12.0. The van der Waals surface area contributed by atoms with E-state index in [0.717, 1.165) is 32.2 Å². The van der Waals surface area contributed by atoms with Gasteiger partial charge in [0, 0.05) is 19.1 Å². The Kier molecular flexibility index (Phi) is 5.79. The second kappa shape index (κ2) is 7.59. The molecule has 1 atom stereocenters. The molecule has 2 fully saturated rings. The summed E-state index contributed by atoms with van der Waals surface area (Å²) in [6, 6.07) is 0.152. The molecule has 0 spiro atoms. The van der Waals surface area contributed by atoms with Gasteiger partial charge in [-0.05, 0) is 32.6 Å². The number of hydrogen-bond donors (Lipinski definition) is 2. The SMILES string of the molecule is CCOC(=O)C1CCC(NC(=O)C2CNCCO2)CC1. The second-order valence-electron chi connectivity index (χ2n) is 5.37. The van der Waals surface area contributed by atoms with Crippen molar-refractivity contribution in [2.45, 2.75) is 44.8 Å². The van der Waals surface area contributed by atoms with Gasteiger partial charge < -0.3 is 20.1 Å². The highest BCUT2D eigenvalue weighted by Crippen LogP contribution is 2.25. The zero-order valence-corrected chi connectivity index (χ0v) is 12.0. The van der Waals surface area contributed by atoms with Crippen molar-refractivity contribution in [3.63, 3.8) is 0 Å². The van der Waals surface area contributed by atoms with Gasteiger partial charge in [-0.1, -0.05) is 0 Å². The van der Waals surface area contributed by atoms with Crippen molar-refractivity contribution >= 4 is 11.9 Å². The van der Waals surface area contributed by atoms with Crippen LogP contribution in [0.25, 0.3) is 0 Å². The molecular weight excluding hydrogens is 260 g/mol. The van der Waals surface area contributed by atoms with E-state index in [0.29, 0.717) is 19.8 Å². The van der Waals surface area contributed by atoms with Gasteiger partial charge in [0.2, 0.25) is 0 Å². The quantitative estimate of drug-likeness (QED) is 0.722. The Morgan fingerprint density at radius 3 is 2.65 bits per heavy atom. The number of rotatable bonds is 4. The summed E-state index contributed by atoms with van der Waals surface area (Å²) >= 11 is 0. The summed E-state index contributed by atoms with van der Waals surface area (Å²) < 4.78 is 10.5. The van der Waals surface area contributed by atoms with Crippen LogP contribution in [0.1, 0.15) is 32.6 Å². The number of morpholine rings is 1. The summed E-state index contributed by atoms with van der Waals surface area (Å²) in [5.41, 5.74) is 0. The van der Waals surface area contributed by atoms with E-state index in [1.54, 1.807) is 0 Å². The molecule has 20 heavy (non-hydrogen) atoms. The average molecular weight is 284 g/mol. The van der Waals surface area contributed by atoms with Gasteiger partial charge in [-0.3, -0.25) is 9.59 Å². The number of esters is 1. The van der Waals surface area contributed by atoms with Crippen molar-refractivity contribution in [3.05, 3.63) is 0 Å². The van der Waals surface area contributed by atoms with E-state index >= 15 is 0 Å². The Labute approximate surface area is 119 Å². The van der Waals surface area contributed by atoms with Crippen LogP contribution in [0.2, 0.25) is 0 Å². The fourth-order valence-electron chi connectivity index (χ4n) is 2.76. The first-order valence-corrected chi connectivity index (χ1v) is 7.50. The molecule has 0 bridgehead atoms. The van der Waals surface area contributed by atoms with Gasteiger partial charge in [0.25, 0.3) is 5.91 Å². The molecule has 2 rings (SSSR count).